The molecule has 0 aliphatic carbocycles. The summed E-state index contributed by atoms with van der Waals surface area (Å²) in [4.78, 5) is 0. The summed E-state index contributed by atoms with van der Waals surface area (Å²) in [6.07, 6.45) is -4.59. The molecule has 2 nitrogen and oxygen atoms in total. The molecule has 0 bridgehead atoms. The highest BCUT2D eigenvalue weighted by Gasteiger charge is 2.36. The largest absolute Gasteiger partial charge is 0.497 e. The van der Waals surface area contributed by atoms with Gasteiger partial charge in [-0.05, 0) is 24.1 Å². The number of benzene rings is 1. The van der Waals surface area contributed by atoms with Crippen LogP contribution in [0.25, 0.3) is 0 Å². The van der Waals surface area contributed by atoms with Crippen LogP contribution in [-0.2, 0) is 6.42 Å². The fraction of sp³-hybridized carbons (Fsp3) is 0.400. The molecule has 0 aliphatic heterocycles. The Hall–Kier alpha value is -1.23. The van der Waals surface area contributed by atoms with Gasteiger partial charge in [-0.1, -0.05) is 12.1 Å². The number of methoxy groups -OCH3 is 1. The molecule has 0 amide bonds. The van der Waals surface area contributed by atoms with Crippen molar-refractivity contribution in [3.05, 3.63) is 29.8 Å². The molecule has 84 valence electrons. The molecule has 0 fully saturated rings. The molecule has 0 saturated carbocycles. The number of hydrogen-bond acceptors (Lipinski definition) is 2. The molecule has 0 spiro atoms. The molecule has 0 heterocycles. The highest BCUT2D eigenvalue weighted by Crippen LogP contribution is 2.22. The zero-order valence-corrected chi connectivity index (χ0v) is 8.21. The third-order valence-electron chi connectivity index (χ3n) is 2.01. The summed E-state index contributed by atoms with van der Waals surface area (Å²) in [5.74, 6) is 0.530. The van der Waals surface area contributed by atoms with Gasteiger partial charge in [0.15, 0.2) is 0 Å². The van der Waals surface area contributed by atoms with E-state index in [1.807, 2.05) is 0 Å². The Balaban J connectivity index is 2.72. The van der Waals surface area contributed by atoms with Gasteiger partial charge in [-0.2, -0.15) is 13.2 Å². The van der Waals surface area contributed by atoms with E-state index in [9.17, 15) is 13.2 Å². The quantitative estimate of drug-likeness (QED) is 0.845. The van der Waals surface area contributed by atoms with Crippen LogP contribution in [0.3, 0.4) is 0 Å². The molecule has 1 aromatic carbocycles. The fourth-order valence-electron chi connectivity index (χ4n) is 1.17. The molecule has 0 aromatic heterocycles. The van der Waals surface area contributed by atoms with E-state index in [0.717, 1.165) is 0 Å². The van der Waals surface area contributed by atoms with Crippen molar-refractivity contribution in [2.24, 2.45) is 5.73 Å². The van der Waals surface area contributed by atoms with Crippen LogP contribution in [-0.4, -0.2) is 19.3 Å². The Kier molecular flexibility index (Phi) is 3.57. The Morgan fingerprint density at radius 1 is 1.40 bits per heavy atom. The first-order valence-corrected chi connectivity index (χ1v) is 4.38. The SMILES string of the molecule is COc1cccc(C[C@H](N)C(F)(F)F)c1. The maximum atomic E-state index is 12.2. The highest BCUT2D eigenvalue weighted by atomic mass is 19.4. The van der Waals surface area contributed by atoms with Gasteiger partial charge in [0.1, 0.15) is 11.8 Å². The van der Waals surface area contributed by atoms with Crippen LogP contribution in [0.5, 0.6) is 5.75 Å². The topological polar surface area (TPSA) is 35.2 Å². The van der Waals surface area contributed by atoms with E-state index in [-0.39, 0.29) is 6.42 Å². The molecule has 2 N–H and O–H groups in total. The monoisotopic (exact) mass is 219 g/mol. The van der Waals surface area contributed by atoms with Gasteiger partial charge in [-0.15, -0.1) is 0 Å². The number of alkyl halides is 3. The molecular formula is C10H12F3NO. The summed E-state index contributed by atoms with van der Waals surface area (Å²) in [5.41, 5.74) is 5.52. The van der Waals surface area contributed by atoms with Crippen molar-refractivity contribution in [3.63, 3.8) is 0 Å². The Bertz CT molecular complexity index is 325. The molecule has 5 heteroatoms. The Morgan fingerprint density at radius 3 is 2.60 bits per heavy atom. The van der Waals surface area contributed by atoms with Crippen LogP contribution in [0, 0.1) is 0 Å². The lowest BCUT2D eigenvalue weighted by atomic mass is 10.1. The highest BCUT2D eigenvalue weighted by molar-refractivity contribution is 5.29. The van der Waals surface area contributed by atoms with Crippen LogP contribution in [0.4, 0.5) is 13.2 Å². The summed E-state index contributed by atoms with van der Waals surface area (Å²) >= 11 is 0. The van der Waals surface area contributed by atoms with E-state index in [1.54, 1.807) is 24.3 Å². The predicted molar refractivity (Wildman–Crippen MR) is 50.7 cm³/mol. The van der Waals surface area contributed by atoms with Crippen molar-refractivity contribution < 1.29 is 17.9 Å². The van der Waals surface area contributed by atoms with E-state index >= 15 is 0 Å². The summed E-state index contributed by atoms with van der Waals surface area (Å²) in [6.45, 7) is 0. The molecule has 0 aliphatic rings. The Labute approximate surface area is 85.8 Å². The van der Waals surface area contributed by atoms with Gasteiger partial charge in [0.2, 0.25) is 0 Å². The van der Waals surface area contributed by atoms with Gasteiger partial charge < -0.3 is 10.5 Å². The second-order valence-corrected chi connectivity index (χ2v) is 3.20. The van der Waals surface area contributed by atoms with Gasteiger partial charge in [-0.25, -0.2) is 0 Å². The predicted octanol–water partition coefficient (Wildman–Crippen LogP) is 2.13. The number of halogens is 3. The molecule has 1 rings (SSSR count). The van der Waals surface area contributed by atoms with Crippen molar-refractivity contribution in [2.75, 3.05) is 7.11 Å². The number of ether oxygens (including phenoxy) is 1. The maximum Gasteiger partial charge on any atom is 0.403 e. The van der Waals surface area contributed by atoms with Crippen LogP contribution in [0.2, 0.25) is 0 Å². The second kappa shape index (κ2) is 4.53. The van der Waals surface area contributed by atoms with Crippen molar-refractivity contribution >= 4 is 0 Å². The molecule has 15 heavy (non-hydrogen) atoms. The van der Waals surface area contributed by atoms with Gasteiger partial charge in [0.25, 0.3) is 0 Å². The maximum absolute atomic E-state index is 12.2. The zero-order chi connectivity index (χ0) is 11.5. The Morgan fingerprint density at radius 2 is 2.07 bits per heavy atom. The van der Waals surface area contributed by atoms with E-state index in [0.29, 0.717) is 11.3 Å². The van der Waals surface area contributed by atoms with Crippen LogP contribution in [0.15, 0.2) is 24.3 Å². The molecule has 0 radical (unpaired) electrons. The summed E-state index contributed by atoms with van der Waals surface area (Å²) in [5, 5.41) is 0. The lowest BCUT2D eigenvalue weighted by Crippen LogP contribution is -2.39. The number of nitrogens with two attached hydrogens (primary N) is 1. The van der Waals surface area contributed by atoms with Crippen molar-refractivity contribution in [3.8, 4) is 5.75 Å². The van der Waals surface area contributed by atoms with Crippen LogP contribution in [0.1, 0.15) is 5.56 Å². The smallest absolute Gasteiger partial charge is 0.403 e. The van der Waals surface area contributed by atoms with E-state index < -0.39 is 12.2 Å². The minimum absolute atomic E-state index is 0.235. The van der Waals surface area contributed by atoms with E-state index in [4.69, 9.17) is 10.5 Å². The summed E-state index contributed by atoms with van der Waals surface area (Å²) in [6, 6.07) is 4.61. The summed E-state index contributed by atoms with van der Waals surface area (Å²) in [7, 11) is 1.46. The van der Waals surface area contributed by atoms with Gasteiger partial charge >= 0.3 is 6.18 Å². The normalized spacial score (nSPS) is 13.7. The second-order valence-electron chi connectivity index (χ2n) is 3.20. The van der Waals surface area contributed by atoms with E-state index in [2.05, 4.69) is 0 Å². The average molecular weight is 219 g/mol. The number of rotatable bonds is 3. The van der Waals surface area contributed by atoms with Crippen LogP contribution < -0.4 is 10.5 Å². The third-order valence-corrected chi connectivity index (χ3v) is 2.01. The first kappa shape index (κ1) is 11.8. The lowest BCUT2D eigenvalue weighted by Gasteiger charge is -2.15. The van der Waals surface area contributed by atoms with E-state index in [1.165, 1.54) is 7.11 Å². The molecule has 0 unspecified atom stereocenters. The first-order valence-electron chi connectivity index (χ1n) is 4.38. The van der Waals surface area contributed by atoms with Gasteiger partial charge in [-0.3, -0.25) is 0 Å². The molecule has 0 saturated heterocycles. The van der Waals surface area contributed by atoms with Crippen LogP contribution >= 0.6 is 0 Å². The number of hydrogen-bond donors (Lipinski definition) is 1. The molecule has 1 atom stereocenters. The van der Waals surface area contributed by atoms with Crippen molar-refractivity contribution in [1.29, 1.82) is 0 Å². The fourth-order valence-corrected chi connectivity index (χ4v) is 1.17. The minimum atomic E-state index is -4.36. The standard InChI is InChI=1S/C10H12F3NO/c1-15-8-4-2-3-7(5-8)6-9(14)10(11,12)13/h2-5,9H,6,14H2,1H3/t9-/m0/s1. The van der Waals surface area contributed by atoms with Gasteiger partial charge in [0, 0.05) is 0 Å². The molecule has 1 aromatic rings. The summed E-state index contributed by atoms with van der Waals surface area (Å²) < 4.78 is 41.4. The molecular weight excluding hydrogens is 207 g/mol. The van der Waals surface area contributed by atoms with Crippen molar-refractivity contribution in [1.82, 2.24) is 0 Å². The first-order chi connectivity index (χ1) is 6.93. The minimum Gasteiger partial charge on any atom is -0.497 e. The lowest BCUT2D eigenvalue weighted by molar-refractivity contribution is -0.147. The van der Waals surface area contributed by atoms with Crippen molar-refractivity contribution in [2.45, 2.75) is 18.6 Å². The third kappa shape index (κ3) is 3.43. The average Bonchev–Trinajstić information content (AvgIpc) is 2.16. The zero-order valence-electron chi connectivity index (χ0n) is 8.21. The van der Waals surface area contributed by atoms with Gasteiger partial charge in [0.05, 0.1) is 7.11 Å².